The van der Waals surface area contributed by atoms with E-state index in [1.54, 1.807) is 44.8 Å². The van der Waals surface area contributed by atoms with Crippen LogP contribution in [0.25, 0.3) is 11.3 Å². The normalized spacial score (nSPS) is 14.8. The maximum absolute atomic E-state index is 11.4. The van der Waals surface area contributed by atoms with Crippen LogP contribution >= 0.6 is 11.3 Å². The standard InChI is InChI=1S/C24H27N3O5S/c1-30-21-13-23(32-3)22(31-2)12-17(21)14-26-10-8-16(9-11-26)24-25-19(15-33-24)18-6-4-5-7-20(18)27(28)29/h4-7,12-13,15-16H,8-11,14H2,1-3H3. The molecule has 0 N–H and O–H groups in total. The summed E-state index contributed by atoms with van der Waals surface area (Å²) in [4.78, 5) is 18.2. The van der Waals surface area contributed by atoms with Crippen molar-refractivity contribution < 1.29 is 19.1 Å². The lowest BCUT2D eigenvalue weighted by Crippen LogP contribution is -2.32. The molecule has 33 heavy (non-hydrogen) atoms. The Hall–Kier alpha value is -3.17. The fourth-order valence-electron chi connectivity index (χ4n) is 4.24. The van der Waals surface area contributed by atoms with Crippen LogP contribution in [0.15, 0.2) is 41.8 Å². The molecule has 1 aliphatic heterocycles. The SMILES string of the molecule is COc1cc(OC)c(OC)cc1CN1CCC(c2nc(-c3ccccc3[N+](=O)[O-])cs2)CC1. The van der Waals surface area contributed by atoms with Crippen molar-refractivity contribution in [1.29, 1.82) is 0 Å². The van der Waals surface area contributed by atoms with Gasteiger partial charge in [0.25, 0.3) is 5.69 Å². The van der Waals surface area contributed by atoms with Crippen LogP contribution in [0, 0.1) is 10.1 Å². The fourth-order valence-corrected chi connectivity index (χ4v) is 5.23. The van der Waals surface area contributed by atoms with Crippen LogP contribution in [-0.2, 0) is 6.54 Å². The molecule has 0 aliphatic carbocycles. The molecule has 0 spiro atoms. The predicted molar refractivity (Wildman–Crippen MR) is 128 cm³/mol. The smallest absolute Gasteiger partial charge is 0.278 e. The van der Waals surface area contributed by atoms with Gasteiger partial charge >= 0.3 is 0 Å². The van der Waals surface area contributed by atoms with Gasteiger partial charge in [0.15, 0.2) is 11.5 Å². The zero-order chi connectivity index (χ0) is 23.4. The van der Waals surface area contributed by atoms with E-state index in [9.17, 15) is 10.1 Å². The van der Waals surface area contributed by atoms with Gasteiger partial charge < -0.3 is 14.2 Å². The minimum atomic E-state index is -0.352. The van der Waals surface area contributed by atoms with Gasteiger partial charge in [-0.2, -0.15) is 0 Å². The molecule has 0 saturated carbocycles. The molecule has 4 rings (SSSR count). The first-order valence-electron chi connectivity index (χ1n) is 10.7. The number of benzene rings is 2. The van der Waals surface area contributed by atoms with Crippen LogP contribution < -0.4 is 14.2 Å². The van der Waals surface area contributed by atoms with Crippen molar-refractivity contribution in [3.8, 4) is 28.5 Å². The second kappa shape index (κ2) is 10.2. The highest BCUT2D eigenvalue weighted by Gasteiger charge is 2.25. The summed E-state index contributed by atoms with van der Waals surface area (Å²) < 4.78 is 16.4. The van der Waals surface area contributed by atoms with Gasteiger partial charge in [-0.1, -0.05) is 12.1 Å². The van der Waals surface area contributed by atoms with E-state index in [1.807, 2.05) is 23.6 Å². The Kier molecular flexibility index (Phi) is 7.10. The first-order valence-corrected chi connectivity index (χ1v) is 11.6. The summed E-state index contributed by atoms with van der Waals surface area (Å²) in [5.41, 5.74) is 2.40. The Balaban J connectivity index is 1.43. The van der Waals surface area contributed by atoms with Gasteiger partial charge in [-0.15, -0.1) is 11.3 Å². The Morgan fingerprint density at radius 2 is 1.73 bits per heavy atom. The average molecular weight is 470 g/mol. The number of hydrogen-bond acceptors (Lipinski definition) is 8. The van der Waals surface area contributed by atoms with Crippen LogP contribution in [0.5, 0.6) is 17.2 Å². The first kappa shape index (κ1) is 23.0. The summed E-state index contributed by atoms with van der Waals surface area (Å²) in [7, 11) is 4.90. The summed E-state index contributed by atoms with van der Waals surface area (Å²) in [6.07, 6.45) is 1.97. The van der Waals surface area contributed by atoms with Crippen LogP contribution in [0.3, 0.4) is 0 Å². The molecule has 174 valence electrons. The quantitative estimate of drug-likeness (QED) is 0.334. The highest BCUT2D eigenvalue weighted by Crippen LogP contribution is 2.38. The highest BCUT2D eigenvalue weighted by atomic mass is 32.1. The van der Waals surface area contributed by atoms with Crippen LogP contribution in [-0.4, -0.2) is 49.2 Å². The molecule has 1 saturated heterocycles. The van der Waals surface area contributed by atoms with Crippen molar-refractivity contribution in [2.24, 2.45) is 0 Å². The van der Waals surface area contributed by atoms with Crippen molar-refractivity contribution in [3.05, 3.63) is 62.5 Å². The zero-order valence-electron chi connectivity index (χ0n) is 18.9. The monoisotopic (exact) mass is 469 g/mol. The average Bonchev–Trinajstić information content (AvgIpc) is 3.34. The van der Waals surface area contributed by atoms with E-state index in [0.29, 0.717) is 28.7 Å². The van der Waals surface area contributed by atoms with Crippen LogP contribution in [0.4, 0.5) is 5.69 Å². The van der Waals surface area contributed by atoms with Gasteiger partial charge in [0.1, 0.15) is 5.75 Å². The van der Waals surface area contributed by atoms with E-state index in [0.717, 1.165) is 48.8 Å². The molecule has 1 aliphatic rings. The number of likely N-dealkylation sites (tertiary alicyclic amines) is 1. The van der Waals surface area contributed by atoms with Gasteiger partial charge in [-0.25, -0.2) is 4.98 Å². The van der Waals surface area contributed by atoms with E-state index in [1.165, 1.54) is 6.07 Å². The molecule has 2 aromatic carbocycles. The lowest BCUT2D eigenvalue weighted by molar-refractivity contribution is -0.384. The van der Waals surface area contributed by atoms with E-state index >= 15 is 0 Å². The molecule has 3 aromatic rings. The number of nitro benzene ring substituents is 1. The molecule has 0 unspecified atom stereocenters. The summed E-state index contributed by atoms with van der Waals surface area (Å²) in [5, 5.41) is 14.3. The summed E-state index contributed by atoms with van der Waals surface area (Å²) in [5.74, 6) is 2.47. The van der Waals surface area contributed by atoms with Gasteiger partial charge in [-0.05, 0) is 38.1 Å². The van der Waals surface area contributed by atoms with Gasteiger partial charge in [0.05, 0.1) is 42.5 Å². The Bertz CT molecular complexity index is 1130. The summed E-state index contributed by atoms with van der Waals surface area (Å²) in [6, 6.07) is 10.6. The zero-order valence-corrected chi connectivity index (χ0v) is 19.8. The Labute approximate surface area is 196 Å². The van der Waals surface area contributed by atoms with E-state index < -0.39 is 0 Å². The molecule has 1 fully saturated rings. The second-order valence-electron chi connectivity index (χ2n) is 7.91. The number of piperidine rings is 1. The van der Waals surface area contributed by atoms with Crippen molar-refractivity contribution in [1.82, 2.24) is 9.88 Å². The van der Waals surface area contributed by atoms with Crippen molar-refractivity contribution in [3.63, 3.8) is 0 Å². The number of aromatic nitrogens is 1. The third-order valence-corrected chi connectivity index (χ3v) is 7.02. The van der Waals surface area contributed by atoms with Gasteiger partial charge in [0.2, 0.25) is 0 Å². The Morgan fingerprint density at radius 1 is 1.06 bits per heavy atom. The predicted octanol–water partition coefficient (Wildman–Crippen LogP) is 5.12. The summed E-state index contributed by atoms with van der Waals surface area (Å²) >= 11 is 1.59. The lowest BCUT2D eigenvalue weighted by atomic mass is 9.97. The van der Waals surface area contributed by atoms with Crippen LogP contribution in [0.2, 0.25) is 0 Å². The molecule has 0 bridgehead atoms. The molecule has 8 nitrogen and oxygen atoms in total. The number of methoxy groups -OCH3 is 3. The minimum Gasteiger partial charge on any atom is -0.496 e. The lowest BCUT2D eigenvalue weighted by Gasteiger charge is -2.31. The third kappa shape index (κ3) is 4.94. The largest absolute Gasteiger partial charge is 0.496 e. The minimum absolute atomic E-state index is 0.0908. The van der Waals surface area contributed by atoms with Crippen molar-refractivity contribution in [2.75, 3.05) is 34.4 Å². The number of para-hydroxylation sites is 1. The molecular formula is C24H27N3O5S. The number of ether oxygens (including phenoxy) is 3. The molecule has 2 heterocycles. The van der Waals surface area contributed by atoms with Crippen molar-refractivity contribution in [2.45, 2.75) is 25.3 Å². The topological polar surface area (TPSA) is 87.0 Å². The van der Waals surface area contributed by atoms with Crippen molar-refractivity contribution >= 4 is 17.0 Å². The number of nitrogens with zero attached hydrogens (tertiary/aromatic N) is 3. The Morgan fingerprint density at radius 3 is 2.39 bits per heavy atom. The number of thiazole rings is 1. The van der Waals surface area contributed by atoms with E-state index in [2.05, 4.69) is 4.90 Å². The highest BCUT2D eigenvalue weighted by molar-refractivity contribution is 7.10. The van der Waals surface area contributed by atoms with Crippen LogP contribution in [0.1, 0.15) is 29.3 Å². The third-order valence-electron chi connectivity index (χ3n) is 6.02. The van der Waals surface area contributed by atoms with E-state index in [-0.39, 0.29) is 10.6 Å². The molecule has 1 aromatic heterocycles. The fraction of sp³-hybridized carbons (Fsp3) is 0.375. The summed E-state index contributed by atoms with van der Waals surface area (Å²) in [6.45, 7) is 2.63. The second-order valence-corrected chi connectivity index (χ2v) is 8.80. The maximum atomic E-state index is 11.4. The molecule has 0 atom stereocenters. The number of hydrogen-bond donors (Lipinski definition) is 0. The number of nitro groups is 1. The van der Waals surface area contributed by atoms with Gasteiger partial charge in [-0.3, -0.25) is 15.0 Å². The molecule has 0 radical (unpaired) electrons. The molecular weight excluding hydrogens is 442 g/mol. The van der Waals surface area contributed by atoms with Gasteiger partial charge in [0, 0.05) is 35.5 Å². The maximum Gasteiger partial charge on any atom is 0.278 e. The molecule has 0 amide bonds. The van der Waals surface area contributed by atoms with E-state index in [4.69, 9.17) is 19.2 Å². The first-order chi connectivity index (χ1) is 16.0. The molecule has 9 heteroatoms. The number of rotatable bonds is 8.